The first-order valence-corrected chi connectivity index (χ1v) is 8.97. The molecule has 0 aromatic carbocycles. The van der Waals surface area contributed by atoms with Crippen molar-refractivity contribution < 1.29 is 4.79 Å². The van der Waals surface area contributed by atoms with E-state index in [-0.39, 0.29) is 0 Å². The molecule has 3 rings (SSSR count). The number of carbonyl (C=O) groups excluding carboxylic acids is 1. The molecule has 0 aliphatic heterocycles. The van der Waals surface area contributed by atoms with Gasteiger partial charge >= 0.3 is 0 Å². The van der Waals surface area contributed by atoms with Gasteiger partial charge in [-0.25, -0.2) is 9.97 Å². The summed E-state index contributed by atoms with van der Waals surface area (Å²) >= 11 is 6.06. The molecule has 0 bridgehead atoms. The second-order valence-corrected chi connectivity index (χ2v) is 7.34. The zero-order valence-corrected chi connectivity index (χ0v) is 14.6. The highest BCUT2D eigenvalue weighted by Crippen LogP contribution is 2.35. The number of aromatic nitrogens is 3. The summed E-state index contributed by atoms with van der Waals surface area (Å²) in [5, 5.41) is 0.511. The van der Waals surface area contributed by atoms with Gasteiger partial charge in [-0.15, -0.1) is 0 Å². The highest BCUT2D eigenvalue weighted by Gasteiger charge is 2.25. The molecule has 0 radical (unpaired) electrons. The van der Waals surface area contributed by atoms with Crippen LogP contribution in [0.2, 0.25) is 5.15 Å². The van der Waals surface area contributed by atoms with Crippen molar-refractivity contribution in [1.29, 1.82) is 0 Å². The Bertz CT molecular complexity index is 704. The number of rotatable bonds is 7. The topological polar surface area (TPSA) is 47.8 Å². The summed E-state index contributed by atoms with van der Waals surface area (Å²) in [5.74, 6) is 1.85. The van der Waals surface area contributed by atoms with Crippen molar-refractivity contribution in [3.8, 4) is 0 Å². The van der Waals surface area contributed by atoms with Crippen LogP contribution in [-0.2, 0) is 11.2 Å². The van der Waals surface area contributed by atoms with Crippen LogP contribution in [0.4, 0.5) is 0 Å². The van der Waals surface area contributed by atoms with Gasteiger partial charge in [-0.05, 0) is 43.7 Å². The number of hydrogen-bond acceptors (Lipinski definition) is 3. The van der Waals surface area contributed by atoms with E-state index in [1.807, 2.05) is 6.07 Å². The fourth-order valence-electron chi connectivity index (χ4n) is 3.20. The molecule has 1 saturated carbocycles. The van der Waals surface area contributed by atoms with E-state index in [0.717, 1.165) is 29.8 Å². The Kier molecular flexibility index (Phi) is 5.00. The third-order valence-electron chi connectivity index (χ3n) is 4.51. The van der Waals surface area contributed by atoms with Gasteiger partial charge in [-0.3, -0.25) is 4.79 Å². The van der Waals surface area contributed by atoms with Crippen molar-refractivity contribution in [3.05, 3.63) is 23.1 Å². The summed E-state index contributed by atoms with van der Waals surface area (Å²) in [7, 11) is 0. The van der Waals surface area contributed by atoms with Crippen LogP contribution < -0.4 is 0 Å². The van der Waals surface area contributed by atoms with Crippen LogP contribution in [0.1, 0.15) is 64.2 Å². The van der Waals surface area contributed by atoms with E-state index >= 15 is 0 Å². The Hall–Kier alpha value is -1.42. The molecule has 1 aliphatic rings. The highest BCUT2D eigenvalue weighted by atomic mass is 35.5. The Morgan fingerprint density at radius 1 is 1.35 bits per heavy atom. The number of Topliss-reactive ketones (excluding diaryl/α,β-unsaturated/α-hetero) is 1. The maximum atomic E-state index is 11.9. The molecule has 2 aromatic heterocycles. The largest absolute Gasteiger partial charge is 0.310 e. The summed E-state index contributed by atoms with van der Waals surface area (Å²) < 4.78 is 2.26. The van der Waals surface area contributed by atoms with Gasteiger partial charge in [-0.1, -0.05) is 25.4 Å². The average molecular weight is 334 g/mol. The molecule has 0 unspecified atom stereocenters. The molecule has 1 fully saturated rings. The van der Waals surface area contributed by atoms with Crippen LogP contribution in [0, 0.1) is 5.92 Å². The first-order chi connectivity index (χ1) is 11.0. The van der Waals surface area contributed by atoms with E-state index in [1.54, 1.807) is 6.07 Å². The molecule has 124 valence electrons. The molecular weight excluding hydrogens is 310 g/mol. The number of pyridine rings is 1. The highest BCUT2D eigenvalue weighted by molar-refractivity contribution is 6.29. The Morgan fingerprint density at radius 2 is 2.13 bits per heavy atom. The number of imidazole rings is 1. The number of halogens is 1. The molecule has 2 heterocycles. The predicted octanol–water partition coefficient (Wildman–Crippen LogP) is 4.75. The number of hydrogen-bond donors (Lipinski definition) is 0. The van der Waals surface area contributed by atoms with Gasteiger partial charge in [0.1, 0.15) is 22.3 Å². The summed E-state index contributed by atoms with van der Waals surface area (Å²) in [4.78, 5) is 21.1. The van der Waals surface area contributed by atoms with Gasteiger partial charge in [0.05, 0.1) is 0 Å². The van der Waals surface area contributed by atoms with Crippen molar-refractivity contribution in [1.82, 2.24) is 14.5 Å². The van der Waals surface area contributed by atoms with Crippen LogP contribution in [0.25, 0.3) is 11.2 Å². The van der Waals surface area contributed by atoms with Crippen molar-refractivity contribution >= 4 is 28.5 Å². The van der Waals surface area contributed by atoms with Gasteiger partial charge in [0, 0.05) is 25.3 Å². The van der Waals surface area contributed by atoms with Crippen LogP contribution in [0.5, 0.6) is 0 Å². The molecule has 0 amide bonds. The summed E-state index contributed by atoms with van der Waals surface area (Å²) in [6.45, 7) is 4.17. The lowest BCUT2D eigenvalue weighted by atomic mass is 9.92. The maximum absolute atomic E-state index is 11.9. The second-order valence-electron chi connectivity index (χ2n) is 6.95. The van der Waals surface area contributed by atoms with Crippen LogP contribution >= 0.6 is 11.6 Å². The van der Waals surface area contributed by atoms with Crippen molar-refractivity contribution in [2.45, 2.75) is 64.8 Å². The monoisotopic (exact) mass is 333 g/mol. The van der Waals surface area contributed by atoms with Crippen molar-refractivity contribution in [2.24, 2.45) is 5.92 Å². The third kappa shape index (κ3) is 3.74. The summed E-state index contributed by atoms with van der Waals surface area (Å²) in [6, 6.07) is 4.22. The molecule has 0 N–H and O–H groups in total. The molecule has 2 aromatic rings. The first-order valence-electron chi connectivity index (χ1n) is 8.59. The van der Waals surface area contributed by atoms with Gasteiger partial charge in [0.15, 0.2) is 5.65 Å². The van der Waals surface area contributed by atoms with Crippen LogP contribution in [0.15, 0.2) is 12.1 Å². The van der Waals surface area contributed by atoms with Gasteiger partial charge in [0.25, 0.3) is 0 Å². The number of ketones is 1. The van der Waals surface area contributed by atoms with Crippen LogP contribution in [0.3, 0.4) is 0 Å². The number of aryl methyl sites for hydroxylation is 1. The van der Waals surface area contributed by atoms with Gasteiger partial charge in [-0.2, -0.15) is 0 Å². The van der Waals surface area contributed by atoms with E-state index in [4.69, 9.17) is 16.6 Å². The second kappa shape index (κ2) is 7.00. The minimum absolute atomic E-state index is 0.354. The lowest BCUT2D eigenvalue weighted by molar-refractivity contribution is -0.119. The van der Waals surface area contributed by atoms with Crippen LogP contribution in [-0.4, -0.2) is 20.3 Å². The standard InChI is InChI=1S/C18H24ClN3O/c1-12(2)11-14(23)7-4-8-17-20-15-9-10-16(19)21-18(15)22(17)13-5-3-6-13/h9-10,12-13H,3-8,11H2,1-2H3. The fourth-order valence-corrected chi connectivity index (χ4v) is 3.35. The van der Waals surface area contributed by atoms with Crippen molar-refractivity contribution in [3.63, 3.8) is 0 Å². The molecule has 1 aliphatic carbocycles. The maximum Gasteiger partial charge on any atom is 0.161 e. The quantitative estimate of drug-likeness (QED) is 0.687. The van der Waals surface area contributed by atoms with Crippen molar-refractivity contribution in [2.75, 3.05) is 0 Å². The number of nitrogens with zero attached hydrogens (tertiary/aromatic N) is 3. The van der Waals surface area contributed by atoms with Gasteiger partial charge < -0.3 is 4.57 Å². The summed E-state index contributed by atoms with van der Waals surface area (Å²) in [5.41, 5.74) is 1.80. The third-order valence-corrected chi connectivity index (χ3v) is 4.72. The Morgan fingerprint density at radius 3 is 2.78 bits per heavy atom. The van der Waals surface area contributed by atoms with E-state index in [1.165, 1.54) is 19.3 Å². The zero-order valence-electron chi connectivity index (χ0n) is 13.9. The molecule has 5 heteroatoms. The van der Waals surface area contributed by atoms with E-state index < -0.39 is 0 Å². The zero-order chi connectivity index (χ0) is 16.4. The average Bonchev–Trinajstić information content (AvgIpc) is 2.74. The minimum Gasteiger partial charge on any atom is -0.310 e. The predicted molar refractivity (Wildman–Crippen MR) is 92.8 cm³/mol. The molecule has 0 spiro atoms. The van der Waals surface area contributed by atoms with E-state index in [2.05, 4.69) is 23.4 Å². The number of carbonyl (C=O) groups is 1. The smallest absolute Gasteiger partial charge is 0.161 e. The lowest BCUT2D eigenvalue weighted by Crippen LogP contribution is -2.19. The lowest BCUT2D eigenvalue weighted by Gasteiger charge is -2.28. The summed E-state index contributed by atoms with van der Waals surface area (Å²) in [6.07, 6.45) is 6.62. The molecular formula is C18H24ClN3O. The number of fused-ring (bicyclic) bond motifs is 1. The Balaban J connectivity index is 1.76. The van der Waals surface area contributed by atoms with Gasteiger partial charge in [0.2, 0.25) is 0 Å². The fraction of sp³-hybridized carbons (Fsp3) is 0.611. The Labute approximate surface area is 142 Å². The molecule has 0 saturated heterocycles. The molecule has 0 atom stereocenters. The van der Waals surface area contributed by atoms with E-state index in [9.17, 15) is 4.79 Å². The normalized spacial score (nSPS) is 15.3. The molecule has 4 nitrogen and oxygen atoms in total. The SMILES string of the molecule is CC(C)CC(=O)CCCc1nc2ccc(Cl)nc2n1C1CCC1. The minimum atomic E-state index is 0.354. The van der Waals surface area contributed by atoms with E-state index in [0.29, 0.717) is 35.7 Å². The first kappa shape index (κ1) is 16.4. The molecule has 23 heavy (non-hydrogen) atoms.